The first kappa shape index (κ1) is 15.9. The predicted octanol–water partition coefficient (Wildman–Crippen LogP) is 1.21. The van der Waals surface area contributed by atoms with E-state index in [1.807, 2.05) is 13.8 Å². The number of benzene rings is 1. The summed E-state index contributed by atoms with van der Waals surface area (Å²) >= 11 is 0. The Kier molecular flexibility index (Phi) is 4.63. The fraction of sp³-hybridized carbons (Fsp3) is 0.500. The molecule has 0 unspecified atom stereocenters. The summed E-state index contributed by atoms with van der Waals surface area (Å²) in [5, 5.41) is 0. The number of sulfonamides is 1. The number of hydrogen-bond acceptors (Lipinski definition) is 3. The van der Waals surface area contributed by atoms with Crippen LogP contribution in [0, 0.1) is 5.82 Å². The van der Waals surface area contributed by atoms with Crippen LogP contribution in [0.3, 0.4) is 0 Å². The van der Waals surface area contributed by atoms with Crippen LogP contribution in [-0.2, 0) is 20.6 Å². The molecular formula is C14H19FN2O3S. The first-order valence-electron chi connectivity index (χ1n) is 6.81. The minimum atomic E-state index is -3.57. The third-order valence-electron chi connectivity index (χ3n) is 3.50. The zero-order chi connectivity index (χ0) is 15.6. The van der Waals surface area contributed by atoms with Gasteiger partial charge in [0.15, 0.2) is 0 Å². The number of amides is 1. The zero-order valence-electron chi connectivity index (χ0n) is 12.1. The van der Waals surface area contributed by atoms with Crippen molar-refractivity contribution in [1.29, 1.82) is 0 Å². The van der Waals surface area contributed by atoms with Crippen LogP contribution in [0.1, 0.15) is 19.4 Å². The minimum Gasteiger partial charge on any atom is -0.338 e. The Balaban J connectivity index is 2.07. The second kappa shape index (κ2) is 6.11. The molecule has 2 rings (SSSR count). The first-order valence-corrected chi connectivity index (χ1v) is 8.42. The molecule has 1 heterocycles. The number of carbonyl (C=O) groups excluding carboxylic acids is 1. The molecule has 0 aliphatic carbocycles. The van der Waals surface area contributed by atoms with Crippen LogP contribution < -0.4 is 0 Å². The highest BCUT2D eigenvalue weighted by Crippen LogP contribution is 2.16. The number of halogens is 1. The first-order chi connectivity index (χ1) is 9.79. The Bertz CT molecular complexity index is 614. The monoisotopic (exact) mass is 314 g/mol. The van der Waals surface area contributed by atoms with Gasteiger partial charge in [0.2, 0.25) is 15.9 Å². The fourth-order valence-corrected chi connectivity index (χ4v) is 3.79. The van der Waals surface area contributed by atoms with Gasteiger partial charge in [-0.3, -0.25) is 4.79 Å². The molecule has 1 amide bonds. The Morgan fingerprint density at radius 2 is 1.81 bits per heavy atom. The summed E-state index contributed by atoms with van der Waals surface area (Å²) in [6.07, 6.45) is 0. The van der Waals surface area contributed by atoms with Crippen LogP contribution in [0.15, 0.2) is 24.3 Å². The highest BCUT2D eigenvalue weighted by molar-refractivity contribution is 7.88. The summed E-state index contributed by atoms with van der Waals surface area (Å²) in [6, 6.07) is 5.41. The molecule has 0 N–H and O–H groups in total. The van der Waals surface area contributed by atoms with E-state index in [0.29, 0.717) is 18.7 Å². The summed E-state index contributed by atoms with van der Waals surface area (Å²) in [5.74, 6) is -0.807. The van der Waals surface area contributed by atoms with Crippen molar-refractivity contribution in [3.05, 3.63) is 35.6 Å². The van der Waals surface area contributed by atoms with E-state index in [4.69, 9.17) is 0 Å². The van der Waals surface area contributed by atoms with Crippen LogP contribution in [0.25, 0.3) is 0 Å². The second-order valence-corrected chi connectivity index (χ2v) is 7.37. The van der Waals surface area contributed by atoms with E-state index in [1.54, 1.807) is 4.90 Å². The zero-order valence-corrected chi connectivity index (χ0v) is 12.9. The molecule has 1 aromatic rings. The molecule has 21 heavy (non-hydrogen) atoms. The SMILES string of the molecule is CC(C)N1CCN(S(=O)(=O)Cc2ccc(F)cc2)CC1=O. The molecule has 0 spiro atoms. The van der Waals surface area contributed by atoms with Gasteiger partial charge >= 0.3 is 0 Å². The highest BCUT2D eigenvalue weighted by atomic mass is 32.2. The van der Waals surface area contributed by atoms with Gasteiger partial charge in [0, 0.05) is 19.1 Å². The van der Waals surface area contributed by atoms with Gasteiger partial charge in [-0.2, -0.15) is 4.31 Å². The second-order valence-electron chi connectivity index (χ2n) is 5.40. The van der Waals surface area contributed by atoms with E-state index in [2.05, 4.69) is 0 Å². The van der Waals surface area contributed by atoms with Crippen LogP contribution in [0.2, 0.25) is 0 Å². The van der Waals surface area contributed by atoms with Gasteiger partial charge < -0.3 is 4.90 Å². The number of carbonyl (C=O) groups is 1. The minimum absolute atomic E-state index is 0.0689. The Morgan fingerprint density at radius 3 is 2.33 bits per heavy atom. The Labute approximate surface area is 124 Å². The summed E-state index contributed by atoms with van der Waals surface area (Å²) in [5.41, 5.74) is 0.509. The molecule has 1 saturated heterocycles. The topological polar surface area (TPSA) is 57.7 Å². The molecule has 0 radical (unpaired) electrons. The molecule has 0 aromatic heterocycles. The quantitative estimate of drug-likeness (QED) is 0.839. The normalized spacial score (nSPS) is 17.5. The lowest BCUT2D eigenvalue weighted by Gasteiger charge is -2.36. The number of nitrogens with zero attached hydrogens (tertiary/aromatic N) is 2. The van der Waals surface area contributed by atoms with Crippen LogP contribution in [-0.4, -0.2) is 49.2 Å². The van der Waals surface area contributed by atoms with Gasteiger partial charge in [0.1, 0.15) is 5.82 Å². The van der Waals surface area contributed by atoms with Crippen molar-refractivity contribution in [1.82, 2.24) is 9.21 Å². The van der Waals surface area contributed by atoms with Gasteiger partial charge in [-0.15, -0.1) is 0 Å². The van der Waals surface area contributed by atoms with E-state index >= 15 is 0 Å². The van der Waals surface area contributed by atoms with Crippen LogP contribution in [0.5, 0.6) is 0 Å². The average Bonchev–Trinajstić information content (AvgIpc) is 2.40. The van der Waals surface area contributed by atoms with Crippen molar-refractivity contribution in [2.24, 2.45) is 0 Å². The molecule has 1 fully saturated rings. The van der Waals surface area contributed by atoms with Crippen molar-refractivity contribution in [3.8, 4) is 0 Å². The van der Waals surface area contributed by atoms with Gasteiger partial charge in [-0.1, -0.05) is 12.1 Å². The molecular weight excluding hydrogens is 295 g/mol. The third-order valence-corrected chi connectivity index (χ3v) is 5.30. The van der Waals surface area contributed by atoms with Gasteiger partial charge in [-0.25, -0.2) is 12.8 Å². The largest absolute Gasteiger partial charge is 0.338 e. The maximum absolute atomic E-state index is 12.8. The van der Waals surface area contributed by atoms with E-state index in [1.165, 1.54) is 28.6 Å². The lowest BCUT2D eigenvalue weighted by molar-refractivity contribution is -0.135. The molecule has 0 atom stereocenters. The smallest absolute Gasteiger partial charge is 0.238 e. The standard InChI is InChI=1S/C14H19FN2O3S/c1-11(2)17-8-7-16(9-14(17)18)21(19,20)10-12-3-5-13(15)6-4-12/h3-6,11H,7-10H2,1-2H3. The van der Waals surface area contributed by atoms with Crippen molar-refractivity contribution >= 4 is 15.9 Å². The molecule has 5 nitrogen and oxygen atoms in total. The molecule has 7 heteroatoms. The molecule has 1 aromatic carbocycles. The highest BCUT2D eigenvalue weighted by Gasteiger charge is 2.32. The summed E-state index contributed by atoms with van der Waals surface area (Å²) < 4.78 is 38.7. The van der Waals surface area contributed by atoms with Gasteiger partial charge in [0.05, 0.1) is 12.3 Å². The van der Waals surface area contributed by atoms with E-state index in [0.717, 1.165) is 0 Å². The molecule has 0 saturated carbocycles. The molecule has 0 bridgehead atoms. The summed E-state index contributed by atoms with van der Waals surface area (Å²) in [4.78, 5) is 13.6. The molecule has 1 aliphatic rings. The van der Waals surface area contributed by atoms with E-state index < -0.39 is 15.8 Å². The maximum atomic E-state index is 12.8. The van der Waals surface area contributed by atoms with Crippen LogP contribution >= 0.6 is 0 Å². The molecule has 1 aliphatic heterocycles. The Morgan fingerprint density at radius 1 is 1.19 bits per heavy atom. The fourth-order valence-electron chi connectivity index (χ4n) is 2.33. The van der Waals surface area contributed by atoms with Crippen molar-refractivity contribution in [2.45, 2.75) is 25.6 Å². The number of rotatable bonds is 4. The lowest BCUT2D eigenvalue weighted by atomic mass is 10.2. The molecule has 116 valence electrons. The van der Waals surface area contributed by atoms with Gasteiger partial charge in [0.25, 0.3) is 0 Å². The van der Waals surface area contributed by atoms with E-state index in [-0.39, 0.29) is 24.2 Å². The maximum Gasteiger partial charge on any atom is 0.238 e. The van der Waals surface area contributed by atoms with Crippen molar-refractivity contribution in [2.75, 3.05) is 19.6 Å². The lowest BCUT2D eigenvalue weighted by Crippen LogP contribution is -2.54. The summed E-state index contributed by atoms with van der Waals surface area (Å²) in [6.45, 7) is 4.38. The predicted molar refractivity (Wildman–Crippen MR) is 77.4 cm³/mol. The summed E-state index contributed by atoms with van der Waals surface area (Å²) in [7, 11) is -3.57. The average molecular weight is 314 g/mol. The van der Waals surface area contributed by atoms with E-state index in [9.17, 15) is 17.6 Å². The van der Waals surface area contributed by atoms with Crippen LogP contribution in [0.4, 0.5) is 4.39 Å². The Hall–Kier alpha value is -1.47. The third kappa shape index (κ3) is 3.79. The van der Waals surface area contributed by atoms with Crippen molar-refractivity contribution in [3.63, 3.8) is 0 Å². The van der Waals surface area contributed by atoms with Crippen molar-refractivity contribution < 1.29 is 17.6 Å². The number of hydrogen-bond donors (Lipinski definition) is 0. The van der Waals surface area contributed by atoms with Gasteiger partial charge in [-0.05, 0) is 31.5 Å². The number of piperazine rings is 1.